The first-order valence-corrected chi connectivity index (χ1v) is 12.8. The largest absolute Gasteiger partial charge is 0.206 e. The summed E-state index contributed by atoms with van der Waals surface area (Å²) in [5.74, 6) is -1.10. The van der Waals surface area contributed by atoms with Gasteiger partial charge in [0.2, 0.25) is 0 Å². The van der Waals surface area contributed by atoms with E-state index in [0.29, 0.717) is 22.9 Å². The topological polar surface area (TPSA) is 0 Å². The molecule has 0 bridgehead atoms. The van der Waals surface area contributed by atoms with Crippen LogP contribution in [0.2, 0.25) is 0 Å². The van der Waals surface area contributed by atoms with E-state index < -0.39 is 17.5 Å². The number of fused-ring (bicyclic) bond motifs is 1. The number of allylic oxidation sites excluding steroid dienone is 1. The predicted molar refractivity (Wildman–Crippen MR) is 136 cm³/mol. The van der Waals surface area contributed by atoms with Gasteiger partial charge in [0, 0.05) is 5.56 Å². The minimum Gasteiger partial charge on any atom is -0.206 e. The van der Waals surface area contributed by atoms with E-state index in [1.165, 1.54) is 44.1 Å². The van der Waals surface area contributed by atoms with Crippen LogP contribution in [-0.2, 0) is 12.8 Å². The number of benzene rings is 3. The van der Waals surface area contributed by atoms with Crippen molar-refractivity contribution in [3.63, 3.8) is 0 Å². The maximum absolute atomic E-state index is 15.0. The zero-order valence-electron chi connectivity index (χ0n) is 20.2. The minimum atomic E-state index is -1.10. The highest BCUT2D eigenvalue weighted by atomic mass is 19.2. The van der Waals surface area contributed by atoms with Crippen molar-refractivity contribution in [3.05, 3.63) is 83.7 Å². The van der Waals surface area contributed by atoms with Crippen molar-refractivity contribution in [1.82, 2.24) is 0 Å². The highest BCUT2D eigenvalue weighted by molar-refractivity contribution is 5.89. The Morgan fingerprint density at radius 3 is 2.15 bits per heavy atom. The molecule has 4 rings (SSSR count). The molecule has 0 heterocycles. The summed E-state index contributed by atoms with van der Waals surface area (Å²) in [6.45, 7) is 5.76. The zero-order chi connectivity index (χ0) is 24.1. The van der Waals surface area contributed by atoms with Crippen LogP contribution in [0.5, 0.6) is 0 Å². The molecule has 1 aliphatic carbocycles. The van der Waals surface area contributed by atoms with E-state index in [1.807, 2.05) is 37.3 Å². The van der Waals surface area contributed by atoms with Gasteiger partial charge in [0.1, 0.15) is 5.82 Å². The normalized spacial score (nSPS) is 18.4. The Kier molecular flexibility index (Phi) is 8.13. The van der Waals surface area contributed by atoms with Gasteiger partial charge in [-0.3, -0.25) is 0 Å². The molecular weight excluding hydrogens is 429 g/mol. The Bertz CT molecular complexity index is 1120. The average molecular weight is 465 g/mol. The van der Waals surface area contributed by atoms with Crippen LogP contribution in [0.15, 0.2) is 55.1 Å². The summed E-state index contributed by atoms with van der Waals surface area (Å²) in [6.07, 6.45) is 13.1. The lowest BCUT2D eigenvalue weighted by molar-refractivity contribution is 0.254. The Balaban J connectivity index is 1.44. The smallest absolute Gasteiger partial charge is 0.170 e. The van der Waals surface area contributed by atoms with E-state index in [2.05, 4.69) is 6.58 Å². The second-order valence-corrected chi connectivity index (χ2v) is 9.93. The Hall–Kier alpha value is -2.55. The van der Waals surface area contributed by atoms with Gasteiger partial charge in [0.05, 0.1) is 5.39 Å². The molecule has 180 valence electrons. The summed E-state index contributed by atoms with van der Waals surface area (Å²) in [5.41, 5.74) is 2.44. The summed E-state index contributed by atoms with van der Waals surface area (Å²) in [7, 11) is 0. The molecule has 34 heavy (non-hydrogen) atoms. The molecule has 0 unspecified atom stereocenters. The van der Waals surface area contributed by atoms with Gasteiger partial charge >= 0.3 is 0 Å². The molecule has 0 spiro atoms. The Labute approximate surface area is 201 Å². The van der Waals surface area contributed by atoms with Crippen LogP contribution in [-0.4, -0.2) is 0 Å². The van der Waals surface area contributed by atoms with Gasteiger partial charge < -0.3 is 0 Å². The lowest BCUT2D eigenvalue weighted by atomic mass is 9.78. The monoisotopic (exact) mass is 464 g/mol. The Morgan fingerprint density at radius 2 is 1.50 bits per heavy atom. The molecule has 0 aromatic heterocycles. The zero-order valence-corrected chi connectivity index (χ0v) is 20.2. The van der Waals surface area contributed by atoms with Crippen molar-refractivity contribution in [3.8, 4) is 11.1 Å². The fraction of sp³-hybridized carbons (Fsp3) is 0.419. The predicted octanol–water partition coefficient (Wildman–Crippen LogP) is 9.58. The number of hydrogen-bond acceptors (Lipinski definition) is 0. The molecule has 0 saturated heterocycles. The standard InChI is InChI=1S/C31H35F3/c1-3-5-7-21-8-10-22(11-9-21)12-13-23-14-16-24(17-15-23)27-20-26-19-18-25(6-4-2)29(32)28(26)31(34)30(27)33/h3,14-22H,1,4-13H2,2H3. The highest BCUT2D eigenvalue weighted by Gasteiger charge is 2.21. The summed E-state index contributed by atoms with van der Waals surface area (Å²) in [5, 5.41) is 0.141. The first kappa shape index (κ1) is 24.6. The van der Waals surface area contributed by atoms with Gasteiger partial charge in [0.15, 0.2) is 11.6 Å². The van der Waals surface area contributed by atoms with Crippen LogP contribution in [0.1, 0.15) is 69.4 Å². The Morgan fingerprint density at radius 1 is 0.824 bits per heavy atom. The molecule has 1 aliphatic rings. The van der Waals surface area contributed by atoms with Crippen molar-refractivity contribution in [1.29, 1.82) is 0 Å². The van der Waals surface area contributed by atoms with E-state index in [0.717, 1.165) is 31.1 Å². The molecule has 0 nitrogen and oxygen atoms in total. The van der Waals surface area contributed by atoms with Gasteiger partial charge in [0.25, 0.3) is 0 Å². The van der Waals surface area contributed by atoms with Gasteiger partial charge in [-0.2, -0.15) is 0 Å². The maximum atomic E-state index is 15.0. The van der Waals surface area contributed by atoms with E-state index in [9.17, 15) is 13.2 Å². The fourth-order valence-electron chi connectivity index (χ4n) is 5.48. The van der Waals surface area contributed by atoms with Crippen LogP contribution in [0, 0.1) is 29.3 Å². The van der Waals surface area contributed by atoms with Crippen LogP contribution >= 0.6 is 0 Å². The molecular formula is C31H35F3. The molecule has 0 aliphatic heterocycles. The quantitative estimate of drug-likeness (QED) is 0.277. The van der Waals surface area contributed by atoms with Gasteiger partial charge in [-0.05, 0) is 72.1 Å². The number of hydrogen-bond donors (Lipinski definition) is 0. The molecule has 0 atom stereocenters. The average Bonchev–Trinajstić information content (AvgIpc) is 2.86. The van der Waals surface area contributed by atoms with E-state index in [4.69, 9.17) is 0 Å². The summed E-state index contributed by atoms with van der Waals surface area (Å²) < 4.78 is 44.7. The lowest BCUT2D eigenvalue weighted by Gasteiger charge is -2.28. The summed E-state index contributed by atoms with van der Waals surface area (Å²) in [6, 6.07) is 12.7. The third kappa shape index (κ3) is 5.40. The summed E-state index contributed by atoms with van der Waals surface area (Å²) >= 11 is 0. The number of aryl methyl sites for hydroxylation is 2. The van der Waals surface area contributed by atoms with Gasteiger partial charge in [-0.15, -0.1) is 6.58 Å². The van der Waals surface area contributed by atoms with Crippen molar-refractivity contribution in [2.75, 3.05) is 0 Å². The number of rotatable bonds is 9. The summed E-state index contributed by atoms with van der Waals surface area (Å²) in [4.78, 5) is 0. The first-order chi connectivity index (χ1) is 16.5. The molecule has 1 saturated carbocycles. The van der Waals surface area contributed by atoms with E-state index >= 15 is 0 Å². The van der Waals surface area contributed by atoms with Crippen molar-refractivity contribution < 1.29 is 13.2 Å². The minimum absolute atomic E-state index is 0.178. The van der Waals surface area contributed by atoms with Crippen LogP contribution in [0.3, 0.4) is 0 Å². The van der Waals surface area contributed by atoms with E-state index in [-0.39, 0.29) is 10.9 Å². The lowest BCUT2D eigenvalue weighted by Crippen LogP contribution is -2.15. The van der Waals surface area contributed by atoms with Crippen molar-refractivity contribution in [2.45, 2.75) is 71.1 Å². The third-order valence-corrected chi connectivity index (χ3v) is 7.57. The fourth-order valence-corrected chi connectivity index (χ4v) is 5.48. The first-order valence-electron chi connectivity index (χ1n) is 12.8. The van der Waals surface area contributed by atoms with Crippen LogP contribution in [0.4, 0.5) is 13.2 Å². The second kappa shape index (κ2) is 11.3. The highest BCUT2D eigenvalue weighted by Crippen LogP contribution is 2.35. The second-order valence-electron chi connectivity index (χ2n) is 9.93. The van der Waals surface area contributed by atoms with E-state index in [1.54, 1.807) is 18.2 Å². The van der Waals surface area contributed by atoms with Crippen molar-refractivity contribution >= 4 is 10.8 Å². The SMILES string of the molecule is C=CCCC1CCC(CCc2ccc(-c3cc4ccc(CCC)c(F)c4c(F)c3F)cc2)CC1. The molecule has 0 radical (unpaired) electrons. The molecule has 3 heteroatoms. The number of halogens is 3. The van der Waals surface area contributed by atoms with Crippen LogP contribution in [0.25, 0.3) is 21.9 Å². The molecule has 0 N–H and O–H groups in total. The molecule has 1 fully saturated rings. The van der Waals surface area contributed by atoms with Gasteiger partial charge in [-0.25, -0.2) is 13.2 Å². The van der Waals surface area contributed by atoms with Crippen LogP contribution < -0.4 is 0 Å². The van der Waals surface area contributed by atoms with Crippen molar-refractivity contribution in [2.24, 2.45) is 11.8 Å². The molecule has 3 aromatic rings. The van der Waals surface area contributed by atoms with Gasteiger partial charge in [-0.1, -0.05) is 81.5 Å². The molecule has 0 amide bonds. The molecule has 3 aromatic carbocycles. The third-order valence-electron chi connectivity index (χ3n) is 7.57. The maximum Gasteiger partial charge on any atom is 0.170 e.